The van der Waals surface area contributed by atoms with Crippen LogP contribution in [0.1, 0.15) is 12.8 Å². The van der Waals surface area contributed by atoms with Crippen molar-refractivity contribution in [2.45, 2.75) is 18.4 Å². The van der Waals surface area contributed by atoms with Gasteiger partial charge in [-0.05, 0) is 48.5 Å². The van der Waals surface area contributed by atoms with Crippen LogP contribution < -0.4 is 4.90 Å². The molecule has 25 heavy (non-hydrogen) atoms. The van der Waals surface area contributed by atoms with Gasteiger partial charge in [-0.15, -0.1) is 0 Å². The molecule has 2 aliphatic heterocycles. The molecule has 4 rings (SSSR count). The SMILES string of the molecule is OC1(CN2CCCC2)COCCN(c2nnnn2-c2ccccc2)C1. The van der Waals surface area contributed by atoms with Gasteiger partial charge in [0.05, 0.1) is 25.4 Å². The van der Waals surface area contributed by atoms with Crippen molar-refractivity contribution in [2.75, 3.05) is 50.8 Å². The topological polar surface area (TPSA) is 79.5 Å². The molecule has 0 spiro atoms. The zero-order valence-corrected chi connectivity index (χ0v) is 14.3. The Balaban J connectivity index is 1.56. The molecule has 8 nitrogen and oxygen atoms in total. The summed E-state index contributed by atoms with van der Waals surface area (Å²) in [5.41, 5.74) is -0.0235. The number of likely N-dealkylation sites (tertiary alicyclic amines) is 1. The van der Waals surface area contributed by atoms with Gasteiger partial charge in [0.15, 0.2) is 0 Å². The van der Waals surface area contributed by atoms with E-state index in [9.17, 15) is 5.11 Å². The van der Waals surface area contributed by atoms with Crippen LogP contribution >= 0.6 is 0 Å². The van der Waals surface area contributed by atoms with Gasteiger partial charge in [0, 0.05) is 13.1 Å². The van der Waals surface area contributed by atoms with Crippen LogP contribution in [0.5, 0.6) is 0 Å². The number of ether oxygens (including phenoxy) is 1. The van der Waals surface area contributed by atoms with E-state index in [-0.39, 0.29) is 0 Å². The van der Waals surface area contributed by atoms with Gasteiger partial charge in [-0.3, -0.25) is 0 Å². The predicted molar refractivity (Wildman–Crippen MR) is 92.8 cm³/mol. The van der Waals surface area contributed by atoms with Gasteiger partial charge in [-0.25, -0.2) is 0 Å². The second kappa shape index (κ2) is 7.07. The first kappa shape index (κ1) is 16.4. The van der Waals surface area contributed by atoms with Gasteiger partial charge in [0.25, 0.3) is 5.95 Å². The Morgan fingerprint density at radius 1 is 1.12 bits per heavy atom. The number of rotatable bonds is 4. The maximum Gasteiger partial charge on any atom is 0.250 e. The summed E-state index contributed by atoms with van der Waals surface area (Å²) in [6.07, 6.45) is 2.40. The van der Waals surface area contributed by atoms with E-state index in [4.69, 9.17) is 4.74 Å². The minimum absolute atomic E-state index is 0.340. The van der Waals surface area contributed by atoms with Crippen LogP contribution in [0.4, 0.5) is 5.95 Å². The highest BCUT2D eigenvalue weighted by Crippen LogP contribution is 2.22. The maximum absolute atomic E-state index is 11.2. The third kappa shape index (κ3) is 3.65. The second-order valence-corrected chi connectivity index (χ2v) is 6.91. The van der Waals surface area contributed by atoms with Crippen molar-refractivity contribution in [3.8, 4) is 5.69 Å². The average molecular weight is 344 g/mol. The molecule has 134 valence electrons. The molecule has 2 aliphatic rings. The van der Waals surface area contributed by atoms with E-state index in [0.29, 0.717) is 38.8 Å². The van der Waals surface area contributed by atoms with E-state index in [0.717, 1.165) is 18.8 Å². The molecule has 1 unspecified atom stereocenters. The van der Waals surface area contributed by atoms with E-state index < -0.39 is 5.60 Å². The van der Waals surface area contributed by atoms with Crippen LogP contribution in [0.15, 0.2) is 30.3 Å². The van der Waals surface area contributed by atoms with E-state index in [2.05, 4.69) is 20.4 Å². The number of anilines is 1. The molecule has 0 saturated carbocycles. The van der Waals surface area contributed by atoms with E-state index in [1.807, 2.05) is 35.2 Å². The molecule has 1 aromatic carbocycles. The molecule has 8 heteroatoms. The molecule has 2 aromatic rings. The molecule has 2 saturated heterocycles. The minimum Gasteiger partial charge on any atom is -0.384 e. The highest BCUT2D eigenvalue weighted by molar-refractivity contribution is 5.41. The van der Waals surface area contributed by atoms with E-state index in [1.165, 1.54) is 12.8 Å². The van der Waals surface area contributed by atoms with Crippen molar-refractivity contribution in [1.29, 1.82) is 0 Å². The lowest BCUT2D eigenvalue weighted by atomic mass is 10.0. The molecule has 0 radical (unpaired) electrons. The molecule has 3 heterocycles. The summed E-state index contributed by atoms with van der Waals surface area (Å²) < 4.78 is 7.41. The molecule has 1 aromatic heterocycles. The highest BCUT2D eigenvalue weighted by atomic mass is 16.5. The fourth-order valence-corrected chi connectivity index (χ4v) is 3.66. The van der Waals surface area contributed by atoms with Crippen LogP contribution in [0, 0.1) is 0 Å². The standard InChI is InChI=1S/C17H24N6O2/c24-17(12-21-8-4-5-9-21)13-22(10-11-25-14-17)16-18-19-20-23(16)15-6-2-1-3-7-15/h1-3,6-7,24H,4-5,8-14H2. The Kier molecular flexibility index (Phi) is 4.65. The van der Waals surface area contributed by atoms with Crippen LogP contribution in [0.3, 0.4) is 0 Å². The molecule has 2 fully saturated rings. The molecule has 0 aliphatic carbocycles. The van der Waals surface area contributed by atoms with E-state index >= 15 is 0 Å². The fraction of sp³-hybridized carbons (Fsp3) is 0.588. The van der Waals surface area contributed by atoms with Crippen LogP contribution in [-0.2, 0) is 4.74 Å². The summed E-state index contributed by atoms with van der Waals surface area (Å²) in [4.78, 5) is 4.34. The molecule has 0 amide bonds. The zero-order chi connectivity index (χ0) is 17.1. The molecular formula is C17H24N6O2. The minimum atomic E-state index is -0.922. The van der Waals surface area contributed by atoms with Crippen LogP contribution in [0.25, 0.3) is 5.69 Å². The summed E-state index contributed by atoms with van der Waals surface area (Å²) in [5.74, 6) is 0.636. The Bertz CT molecular complexity index is 687. The summed E-state index contributed by atoms with van der Waals surface area (Å²) in [6, 6.07) is 9.80. The molecule has 1 N–H and O–H groups in total. The zero-order valence-electron chi connectivity index (χ0n) is 14.3. The number of tetrazole rings is 1. The first-order valence-electron chi connectivity index (χ1n) is 8.85. The predicted octanol–water partition coefficient (Wildman–Crippen LogP) is 0.326. The van der Waals surface area contributed by atoms with Gasteiger partial charge in [-0.2, -0.15) is 4.68 Å². The fourth-order valence-electron chi connectivity index (χ4n) is 3.66. The van der Waals surface area contributed by atoms with Gasteiger partial charge >= 0.3 is 0 Å². The monoisotopic (exact) mass is 344 g/mol. The Hall–Kier alpha value is -2.03. The van der Waals surface area contributed by atoms with Crippen molar-refractivity contribution in [1.82, 2.24) is 25.1 Å². The number of nitrogens with zero attached hydrogens (tertiary/aromatic N) is 6. The largest absolute Gasteiger partial charge is 0.384 e. The number of benzene rings is 1. The molecular weight excluding hydrogens is 320 g/mol. The third-order valence-corrected chi connectivity index (χ3v) is 4.81. The van der Waals surface area contributed by atoms with Crippen molar-refractivity contribution in [2.24, 2.45) is 0 Å². The second-order valence-electron chi connectivity index (χ2n) is 6.91. The average Bonchev–Trinajstić information content (AvgIpc) is 3.27. The number of aromatic nitrogens is 4. The van der Waals surface area contributed by atoms with Gasteiger partial charge in [0.2, 0.25) is 0 Å². The molecule has 1 atom stereocenters. The lowest BCUT2D eigenvalue weighted by Gasteiger charge is -2.34. The van der Waals surface area contributed by atoms with Crippen molar-refractivity contribution in [3.05, 3.63) is 30.3 Å². The summed E-state index contributed by atoms with van der Waals surface area (Å²) in [5, 5.41) is 23.3. The van der Waals surface area contributed by atoms with Crippen molar-refractivity contribution < 1.29 is 9.84 Å². The summed E-state index contributed by atoms with van der Waals surface area (Å²) in [7, 11) is 0. The maximum atomic E-state index is 11.2. The summed E-state index contributed by atoms with van der Waals surface area (Å²) in [6.45, 7) is 4.70. The number of β-amino-alcohol motifs (C(OH)–C–C–N with tert-alkyl or cyclic N) is 1. The van der Waals surface area contributed by atoms with Gasteiger partial charge < -0.3 is 19.6 Å². The Morgan fingerprint density at radius 3 is 2.72 bits per heavy atom. The normalized spacial score (nSPS) is 25.2. The lowest BCUT2D eigenvalue weighted by molar-refractivity contribution is -0.0440. The Labute approximate surface area is 147 Å². The van der Waals surface area contributed by atoms with Gasteiger partial charge in [-0.1, -0.05) is 23.3 Å². The van der Waals surface area contributed by atoms with Crippen LogP contribution in [-0.4, -0.2) is 81.8 Å². The Morgan fingerprint density at radius 2 is 1.92 bits per heavy atom. The number of hydrogen-bond acceptors (Lipinski definition) is 7. The lowest BCUT2D eigenvalue weighted by Crippen LogP contribution is -2.52. The molecule has 0 bridgehead atoms. The van der Waals surface area contributed by atoms with E-state index in [1.54, 1.807) is 4.68 Å². The van der Waals surface area contributed by atoms with Crippen molar-refractivity contribution in [3.63, 3.8) is 0 Å². The number of hydrogen-bond donors (Lipinski definition) is 1. The van der Waals surface area contributed by atoms with Crippen LogP contribution in [0.2, 0.25) is 0 Å². The summed E-state index contributed by atoms with van der Waals surface area (Å²) >= 11 is 0. The third-order valence-electron chi connectivity index (χ3n) is 4.81. The highest BCUT2D eigenvalue weighted by Gasteiger charge is 2.36. The first-order chi connectivity index (χ1) is 12.2. The number of para-hydroxylation sites is 1. The smallest absolute Gasteiger partial charge is 0.250 e. The first-order valence-corrected chi connectivity index (χ1v) is 8.85. The number of aliphatic hydroxyl groups is 1. The van der Waals surface area contributed by atoms with Gasteiger partial charge in [0.1, 0.15) is 5.60 Å². The van der Waals surface area contributed by atoms with Crippen molar-refractivity contribution >= 4 is 5.95 Å². The quantitative estimate of drug-likeness (QED) is 0.856.